The van der Waals surface area contributed by atoms with E-state index in [0.29, 0.717) is 35.5 Å². The second kappa shape index (κ2) is 10.8. The molecule has 206 valence electrons. The standard InChI is InChI=1S/C29H26F3N5O3/c1-40-27(38)23-14-22(15-25(16-23)37-17-26(34-35-37)21-6-8-24(33)9-7-21)19-4-2-18(3-5-19)20-10-12-36(13-11-20)28(39)29(30,31)32/h2-9,14-17,20H,10-13,33H2,1H3. The van der Waals surface area contributed by atoms with Gasteiger partial charge in [0.15, 0.2) is 0 Å². The SMILES string of the molecule is COC(=O)c1cc(-c2ccc(C3CCN(C(=O)C(F)(F)F)CC3)cc2)cc(-n2cc(-c3ccc(N)cc3)nn2)c1. The number of anilines is 1. The summed E-state index contributed by atoms with van der Waals surface area (Å²) in [5.41, 5.74) is 11.4. The molecule has 0 radical (unpaired) electrons. The molecule has 1 saturated heterocycles. The summed E-state index contributed by atoms with van der Waals surface area (Å²) in [6.07, 6.45) is -2.20. The van der Waals surface area contributed by atoms with Gasteiger partial charge in [-0.1, -0.05) is 41.6 Å². The van der Waals surface area contributed by atoms with Crippen LogP contribution in [0.3, 0.4) is 0 Å². The molecular weight excluding hydrogens is 523 g/mol. The van der Waals surface area contributed by atoms with Crippen molar-refractivity contribution in [2.24, 2.45) is 0 Å². The molecule has 1 aliphatic rings. The average molecular weight is 550 g/mol. The number of esters is 1. The number of methoxy groups -OCH3 is 1. The highest BCUT2D eigenvalue weighted by atomic mass is 19.4. The van der Waals surface area contributed by atoms with Gasteiger partial charge >= 0.3 is 18.1 Å². The van der Waals surface area contributed by atoms with Crippen LogP contribution in [0.4, 0.5) is 18.9 Å². The van der Waals surface area contributed by atoms with Crippen molar-refractivity contribution >= 4 is 17.6 Å². The first-order valence-electron chi connectivity index (χ1n) is 12.6. The number of hydrogen-bond acceptors (Lipinski definition) is 6. The van der Waals surface area contributed by atoms with Crippen LogP contribution < -0.4 is 5.73 Å². The van der Waals surface area contributed by atoms with Gasteiger partial charge in [-0.05, 0) is 65.8 Å². The number of nitrogen functional groups attached to an aromatic ring is 1. The minimum absolute atomic E-state index is 0.0465. The summed E-state index contributed by atoms with van der Waals surface area (Å²) < 4.78 is 44.8. The number of rotatable bonds is 5. The van der Waals surface area contributed by atoms with Crippen molar-refractivity contribution in [3.05, 3.63) is 84.1 Å². The van der Waals surface area contributed by atoms with Gasteiger partial charge in [-0.3, -0.25) is 4.79 Å². The van der Waals surface area contributed by atoms with Gasteiger partial charge < -0.3 is 15.4 Å². The molecule has 2 N–H and O–H groups in total. The van der Waals surface area contributed by atoms with Crippen LogP contribution in [-0.2, 0) is 9.53 Å². The number of carbonyl (C=O) groups excluding carboxylic acids is 2. The van der Waals surface area contributed by atoms with Crippen LogP contribution in [0.5, 0.6) is 0 Å². The summed E-state index contributed by atoms with van der Waals surface area (Å²) in [5, 5.41) is 8.49. The highest BCUT2D eigenvalue weighted by molar-refractivity contribution is 5.92. The van der Waals surface area contributed by atoms with Crippen molar-refractivity contribution < 1.29 is 27.5 Å². The van der Waals surface area contributed by atoms with E-state index in [2.05, 4.69) is 10.3 Å². The van der Waals surface area contributed by atoms with Crippen LogP contribution >= 0.6 is 0 Å². The first kappa shape index (κ1) is 26.9. The number of piperidine rings is 1. The Morgan fingerprint density at radius 2 is 1.57 bits per heavy atom. The number of carbonyl (C=O) groups is 2. The zero-order chi connectivity index (χ0) is 28.4. The molecule has 2 heterocycles. The normalized spacial score (nSPS) is 14.2. The van der Waals surface area contributed by atoms with E-state index in [4.69, 9.17) is 10.5 Å². The summed E-state index contributed by atoms with van der Waals surface area (Å²) in [5.74, 6) is -2.24. The molecule has 8 nitrogen and oxygen atoms in total. The Morgan fingerprint density at radius 1 is 0.925 bits per heavy atom. The molecule has 5 rings (SSSR count). The monoisotopic (exact) mass is 549 g/mol. The Hall–Kier alpha value is -4.67. The quantitative estimate of drug-likeness (QED) is 0.270. The highest BCUT2D eigenvalue weighted by Crippen LogP contribution is 2.32. The second-order valence-corrected chi connectivity index (χ2v) is 9.62. The van der Waals surface area contributed by atoms with E-state index >= 15 is 0 Å². The summed E-state index contributed by atoms with van der Waals surface area (Å²) in [6.45, 7) is 0.122. The lowest BCUT2D eigenvalue weighted by molar-refractivity contribution is -0.186. The molecule has 0 aliphatic carbocycles. The van der Waals surface area contributed by atoms with Crippen LogP contribution in [-0.4, -0.2) is 58.1 Å². The fraction of sp³-hybridized carbons (Fsp3) is 0.241. The Morgan fingerprint density at radius 3 is 2.20 bits per heavy atom. The predicted molar refractivity (Wildman–Crippen MR) is 143 cm³/mol. The van der Waals surface area contributed by atoms with Gasteiger partial charge in [-0.25, -0.2) is 9.48 Å². The number of amides is 1. The molecule has 1 aromatic heterocycles. The van der Waals surface area contributed by atoms with Gasteiger partial charge in [0.05, 0.1) is 24.6 Å². The maximum absolute atomic E-state index is 12.8. The number of benzene rings is 3. The fourth-order valence-corrected chi connectivity index (χ4v) is 4.86. The van der Waals surface area contributed by atoms with Gasteiger partial charge in [0, 0.05) is 24.3 Å². The van der Waals surface area contributed by atoms with E-state index < -0.39 is 18.1 Å². The van der Waals surface area contributed by atoms with Gasteiger partial charge in [-0.2, -0.15) is 13.2 Å². The zero-order valence-electron chi connectivity index (χ0n) is 21.6. The number of nitrogens with two attached hydrogens (primary N) is 1. The molecule has 0 bridgehead atoms. The van der Waals surface area contributed by atoms with Crippen molar-refractivity contribution in [1.29, 1.82) is 0 Å². The summed E-state index contributed by atoms with van der Waals surface area (Å²) in [4.78, 5) is 24.9. The molecule has 0 spiro atoms. The molecule has 1 fully saturated rings. The Balaban J connectivity index is 1.38. The molecule has 11 heteroatoms. The number of hydrogen-bond donors (Lipinski definition) is 1. The minimum atomic E-state index is -4.85. The molecule has 4 aromatic rings. The van der Waals surface area contributed by atoms with Crippen LogP contribution in [0.15, 0.2) is 72.9 Å². The first-order chi connectivity index (χ1) is 19.1. The van der Waals surface area contributed by atoms with Crippen LogP contribution in [0.1, 0.15) is 34.7 Å². The van der Waals surface area contributed by atoms with Crippen molar-refractivity contribution in [1.82, 2.24) is 19.9 Å². The molecular formula is C29H26F3N5O3. The van der Waals surface area contributed by atoms with E-state index in [-0.39, 0.29) is 19.0 Å². The minimum Gasteiger partial charge on any atom is -0.465 e. The van der Waals surface area contributed by atoms with E-state index in [1.807, 2.05) is 42.5 Å². The Labute approximate surface area is 228 Å². The molecule has 40 heavy (non-hydrogen) atoms. The maximum atomic E-state index is 12.8. The first-order valence-corrected chi connectivity index (χ1v) is 12.6. The van der Waals surface area contributed by atoms with Gasteiger partial charge in [0.25, 0.3) is 0 Å². The largest absolute Gasteiger partial charge is 0.471 e. The van der Waals surface area contributed by atoms with Crippen LogP contribution in [0, 0.1) is 0 Å². The lowest BCUT2D eigenvalue weighted by Gasteiger charge is -2.32. The number of nitrogens with zero attached hydrogens (tertiary/aromatic N) is 4. The van der Waals surface area contributed by atoms with Crippen molar-refractivity contribution in [3.63, 3.8) is 0 Å². The Bertz CT molecular complexity index is 1520. The predicted octanol–water partition coefficient (Wildman–Crippen LogP) is 5.24. The lowest BCUT2D eigenvalue weighted by atomic mass is 9.88. The van der Waals surface area contributed by atoms with Crippen molar-refractivity contribution in [2.45, 2.75) is 24.9 Å². The third kappa shape index (κ3) is 5.68. The fourth-order valence-electron chi connectivity index (χ4n) is 4.86. The van der Waals surface area contributed by atoms with Crippen LogP contribution in [0.25, 0.3) is 28.1 Å². The Kier molecular flexibility index (Phi) is 7.29. The smallest absolute Gasteiger partial charge is 0.465 e. The van der Waals surface area contributed by atoms with E-state index in [1.165, 1.54) is 7.11 Å². The number of ether oxygens (including phenoxy) is 1. The highest BCUT2D eigenvalue weighted by Gasteiger charge is 2.43. The number of alkyl halides is 3. The molecule has 0 saturated carbocycles. The molecule has 0 atom stereocenters. The zero-order valence-corrected chi connectivity index (χ0v) is 21.6. The number of likely N-dealkylation sites (tertiary alicyclic amines) is 1. The van der Waals surface area contributed by atoms with Crippen molar-refractivity contribution in [2.75, 3.05) is 25.9 Å². The average Bonchev–Trinajstić information content (AvgIpc) is 3.47. The van der Waals surface area contributed by atoms with E-state index in [9.17, 15) is 22.8 Å². The van der Waals surface area contributed by atoms with Gasteiger partial charge in [0.1, 0.15) is 5.69 Å². The third-order valence-electron chi connectivity index (χ3n) is 7.04. The van der Waals surface area contributed by atoms with E-state index in [1.54, 1.807) is 35.1 Å². The second-order valence-electron chi connectivity index (χ2n) is 9.62. The number of halogens is 3. The molecule has 1 aliphatic heterocycles. The summed E-state index contributed by atoms with van der Waals surface area (Å²) >= 11 is 0. The third-order valence-corrected chi connectivity index (χ3v) is 7.04. The molecule has 0 unspecified atom stereocenters. The molecule has 1 amide bonds. The molecule has 3 aromatic carbocycles. The van der Waals surface area contributed by atoms with E-state index in [0.717, 1.165) is 27.2 Å². The maximum Gasteiger partial charge on any atom is 0.471 e. The van der Waals surface area contributed by atoms with Crippen molar-refractivity contribution in [3.8, 4) is 28.1 Å². The van der Waals surface area contributed by atoms with Gasteiger partial charge in [-0.15, -0.1) is 5.10 Å². The van der Waals surface area contributed by atoms with Crippen LogP contribution in [0.2, 0.25) is 0 Å². The summed E-state index contributed by atoms with van der Waals surface area (Å²) in [7, 11) is 1.31. The topological polar surface area (TPSA) is 103 Å². The lowest BCUT2D eigenvalue weighted by Crippen LogP contribution is -2.45. The summed E-state index contributed by atoms with van der Waals surface area (Å²) in [6, 6.07) is 20.2. The number of aromatic nitrogens is 3. The van der Waals surface area contributed by atoms with Gasteiger partial charge in [0.2, 0.25) is 0 Å².